The molecule has 0 saturated carbocycles. The normalized spacial score (nSPS) is 16.0. The second-order valence-corrected chi connectivity index (χ2v) is 11.1. The standard InChI is InChI=1S/C32H35N5O3.O2S/c1-23-2-8-27(9-3-23)40-28-12-16-37(17-13-28)32(39)30-21-34-29(20-35-30)31(38)18-24-10-14-36(15-11-24)22-26-6-4-25(19-33)5-7-26;1-3-2/h2-9,20-21,24,28H,10-18,22H2,1H3;. The Morgan fingerprint density at radius 3 is 2.09 bits per heavy atom. The fraction of sp³-hybridized carbons (Fsp3) is 0.406. The fourth-order valence-corrected chi connectivity index (χ4v) is 5.39. The van der Waals surface area contributed by atoms with E-state index in [0.717, 1.165) is 51.1 Å². The number of hydrogen-bond acceptors (Lipinski definition) is 9. The maximum absolute atomic E-state index is 13.0. The van der Waals surface area contributed by atoms with Crippen molar-refractivity contribution in [1.82, 2.24) is 19.8 Å². The maximum Gasteiger partial charge on any atom is 0.335 e. The number of likely N-dealkylation sites (tertiary alicyclic amines) is 2. The first-order valence-electron chi connectivity index (χ1n) is 14.4. The van der Waals surface area contributed by atoms with Crippen LogP contribution in [-0.4, -0.2) is 72.2 Å². The van der Waals surface area contributed by atoms with Gasteiger partial charge in [0.2, 0.25) is 0 Å². The second kappa shape index (κ2) is 15.8. The molecule has 0 atom stereocenters. The average molecular weight is 602 g/mol. The molecule has 1 amide bonds. The molecule has 11 heteroatoms. The predicted molar refractivity (Wildman–Crippen MR) is 160 cm³/mol. The largest absolute Gasteiger partial charge is 0.490 e. The summed E-state index contributed by atoms with van der Waals surface area (Å²) in [5, 5.41) is 8.96. The van der Waals surface area contributed by atoms with E-state index in [1.807, 2.05) is 55.5 Å². The van der Waals surface area contributed by atoms with Gasteiger partial charge in [-0.3, -0.25) is 14.5 Å². The van der Waals surface area contributed by atoms with Crippen molar-refractivity contribution in [2.45, 2.75) is 51.7 Å². The van der Waals surface area contributed by atoms with Crippen molar-refractivity contribution in [1.29, 1.82) is 5.26 Å². The van der Waals surface area contributed by atoms with Crippen LogP contribution in [-0.2, 0) is 18.1 Å². The van der Waals surface area contributed by atoms with Crippen molar-refractivity contribution in [3.05, 3.63) is 89.0 Å². The van der Waals surface area contributed by atoms with Crippen LogP contribution in [0, 0.1) is 24.2 Å². The Labute approximate surface area is 255 Å². The zero-order valence-corrected chi connectivity index (χ0v) is 25.0. The van der Waals surface area contributed by atoms with E-state index < -0.39 is 11.6 Å². The highest BCUT2D eigenvalue weighted by molar-refractivity contribution is 7.51. The van der Waals surface area contributed by atoms with Gasteiger partial charge in [-0.25, -0.2) is 9.97 Å². The number of aryl methyl sites for hydroxylation is 1. The minimum Gasteiger partial charge on any atom is -0.490 e. The summed E-state index contributed by atoms with van der Waals surface area (Å²) in [5.41, 5.74) is 3.65. The number of ether oxygens (including phenoxy) is 1. The van der Waals surface area contributed by atoms with Crippen LogP contribution in [0.5, 0.6) is 5.75 Å². The molecule has 2 aromatic carbocycles. The summed E-state index contributed by atoms with van der Waals surface area (Å²) in [6, 6.07) is 17.9. The van der Waals surface area contributed by atoms with Gasteiger partial charge in [0.15, 0.2) is 5.78 Å². The van der Waals surface area contributed by atoms with Crippen LogP contribution in [0.3, 0.4) is 0 Å². The third-order valence-corrected chi connectivity index (χ3v) is 7.88. The number of nitrogens with zero attached hydrogens (tertiary/aromatic N) is 5. The highest BCUT2D eigenvalue weighted by atomic mass is 32.1. The molecule has 2 aliphatic heterocycles. The molecule has 0 aliphatic carbocycles. The molecule has 5 rings (SSSR count). The van der Waals surface area contributed by atoms with Crippen LogP contribution in [0.2, 0.25) is 0 Å². The Hall–Kier alpha value is -4.27. The SMILES string of the molecule is Cc1ccc(OC2CCN(C(=O)c3cnc(C(=O)CC4CCN(Cc5ccc(C#N)cc5)CC4)cn3)CC2)cc1.O=S=O. The van der Waals surface area contributed by atoms with Crippen molar-refractivity contribution < 1.29 is 22.7 Å². The fourth-order valence-electron chi connectivity index (χ4n) is 5.39. The quantitative estimate of drug-likeness (QED) is 0.349. The van der Waals surface area contributed by atoms with E-state index in [0.29, 0.717) is 36.7 Å². The van der Waals surface area contributed by atoms with Gasteiger partial charge in [-0.15, -0.1) is 0 Å². The molecule has 2 fully saturated rings. The molecule has 2 aliphatic rings. The zero-order chi connectivity index (χ0) is 30.6. The van der Waals surface area contributed by atoms with Gasteiger partial charge in [-0.2, -0.15) is 13.7 Å². The van der Waals surface area contributed by atoms with Crippen molar-refractivity contribution in [2.24, 2.45) is 5.92 Å². The van der Waals surface area contributed by atoms with Crippen molar-refractivity contribution in [3.8, 4) is 11.8 Å². The van der Waals surface area contributed by atoms with E-state index in [1.54, 1.807) is 4.90 Å². The Balaban J connectivity index is 0.00000135. The molecule has 0 radical (unpaired) electrons. The summed E-state index contributed by atoms with van der Waals surface area (Å²) in [6.45, 7) is 5.97. The Bertz CT molecular complexity index is 1440. The Kier molecular flexibility index (Phi) is 11.6. The van der Waals surface area contributed by atoms with E-state index >= 15 is 0 Å². The third kappa shape index (κ3) is 9.36. The topological polar surface area (TPSA) is 134 Å². The van der Waals surface area contributed by atoms with E-state index in [9.17, 15) is 9.59 Å². The summed E-state index contributed by atoms with van der Waals surface area (Å²) in [4.78, 5) is 38.6. The molecule has 3 aromatic rings. The van der Waals surface area contributed by atoms with Crippen LogP contribution in [0.1, 0.15) is 69.8 Å². The van der Waals surface area contributed by atoms with Crippen molar-refractivity contribution >= 4 is 23.3 Å². The maximum atomic E-state index is 13.0. The number of carbonyl (C=O) groups is 2. The number of benzene rings is 2. The minimum atomic E-state index is -0.750. The smallest absolute Gasteiger partial charge is 0.335 e. The van der Waals surface area contributed by atoms with Gasteiger partial charge >= 0.3 is 11.6 Å². The number of amides is 1. The lowest BCUT2D eigenvalue weighted by Crippen LogP contribution is -2.42. The van der Waals surface area contributed by atoms with Gasteiger partial charge < -0.3 is 9.64 Å². The first-order valence-corrected chi connectivity index (χ1v) is 15.1. The van der Waals surface area contributed by atoms with E-state index in [1.165, 1.54) is 23.5 Å². The van der Waals surface area contributed by atoms with Crippen LogP contribution in [0.4, 0.5) is 0 Å². The van der Waals surface area contributed by atoms with Gasteiger partial charge in [-0.1, -0.05) is 29.8 Å². The molecule has 2 saturated heterocycles. The molecule has 10 nitrogen and oxygen atoms in total. The lowest BCUT2D eigenvalue weighted by atomic mass is 9.91. The van der Waals surface area contributed by atoms with E-state index in [-0.39, 0.29) is 23.5 Å². The van der Waals surface area contributed by atoms with Crippen molar-refractivity contribution in [3.63, 3.8) is 0 Å². The molecule has 3 heterocycles. The molecular formula is C32H35N5O5S. The predicted octanol–water partition coefficient (Wildman–Crippen LogP) is 4.16. The lowest BCUT2D eigenvalue weighted by molar-refractivity contribution is 0.0589. The van der Waals surface area contributed by atoms with Gasteiger partial charge in [0.25, 0.3) is 5.91 Å². The van der Waals surface area contributed by atoms with Crippen LogP contribution in [0.25, 0.3) is 0 Å². The summed E-state index contributed by atoms with van der Waals surface area (Å²) in [7, 11) is 0. The summed E-state index contributed by atoms with van der Waals surface area (Å²) >= 11 is -0.750. The van der Waals surface area contributed by atoms with Gasteiger partial charge in [0.1, 0.15) is 23.2 Å². The number of carbonyl (C=O) groups excluding carboxylic acids is 2. The van der Waals surface area contributed by atoms with Gasteiger partial charge in [0, 0.05) is 38.9 Å². The highest BCUT2D eigenvalue weighted by Gasteiger charge is 2.27. The Morgan fingerprint density at radius 1 is 0.907 bits per heavy atom. The number of Topliss-reactive ketones (excluding diaryl/α,β-unsaturated/α-hetero) is 1. The third-order valence-electron chi connectivity index (χ3n) is 7.88. The number of ketones is 1. The summed E-state index contributed by atoms with van der Waals surface area (Å²) in [6.07, 6.45) is 6.84. The summed E-state index contributed by atoms with van der Waals surface area (Å²) in [5.74, 6) is 0.993. The van der Waals surface area contributed by atoms with Crippen LogP contribution in [0.15, 0.2) is 60.9 Å². The molecule has 0 bridgehead atoms. The number of nitriles is 1. The van der Waals surface area contributed by atoms with E-state index in [4.69, 9.17) is 18.4 Å². The molecule has 0 spiro atoms. The van der Waals surface area contributed by atoms with Crippen LogP contribution >= 0.6 is 0 Å². The number of rotatable bonds is 8. The molecule has 0 unspecified atom stereocenters. The monoisotopic (exact) mass is 601 g/mol. The van der Waals surface area contributed by atoms with Gasteiger partial charge in [-0.05, 0) is 68.6 Å². The van der Waals surface area contributed by atoms with Crippen LogP contribution < -0.4 is 4.74 Å². The molecular weight excluding hydrogens is 566 g/mol. The van der Waals surface area contributed by atoms with Gasteiger partial charge in [0.05, 0.1) is 24.0 Å². The second-order valence-electron chi connectivity index (χ2n) is 10.9. The average Bonchev–Trinajstić information content (AvgIpc) is 3.04. The van der Waals surface area contributed by atoms with E-state index in [2.05, 4.69) is 20.9 Å². The number of piperidine rings is 2. The zero-order valence-electron chi connectivity index (χ0n) is 24.2. The molecule has 0 N–H and O–H groups in total. The first kappa shape index (κ1) is 31.7. The number of aromatic nitrogens is 2. The molecule has 43 heavy (non-hydrogen) atoms. The Morgan fingerprint density at radius 2 is 1.51 bits per heavy atom. The van der Waals surface area contributed by atoms with Crippen molar-refractivity contribution in [2.75, 3.05) is 26.2 Å². The highest BCUT2D eigenvalue weighted by Crippen LogP contribution is 2.24. The number of hydrogen-bond donors (Lipinski definition) is 0. The summed E-state index contributed by atoms with van der Waals surface area (Å²) < 4.78 is 22.7. The molecule has 1 aromatic heterocycles. The minimum absolute atomic E-state index is 0.0221. The molecule has 224 valence electrons. The first-order chi connectivity index (χ1) is 20.9. The lowest BCUT2D eigenvalue weighted by Gasteiger charge is -2.32.